The van der Waals surface area contributed by atoms with E-state index in [-0.39, 0.29) is 23.5 Å². The number of carbonyl (C=O) groups excluding carboxylic acids is 1. The van der Waals surface area contributed by atoms with Gasteiger partial charge in [-0.1, -0.05) is 6.07 Å². The Morgan fingerprint density at radius 1 is 0.800 bits per heavy atom. The van der Waals surface area contributed by atoms with Crippen molar-refractivity contribution in [3.05, 3.63) is 40.5 Å². The van der Waals surface area contributed by atoms with Gasteiger partial charge in [0.25, 0.3) is 0 Å². The number of aliphatic hydroxyl groups is 6. The predicted octanol–water partition coefficient (Wildman–Crippen LogP) is -1.17. The molecule has 0 aromatic heterocycles. The first-order chi connectivity index (χ1) is 19.0. The Balaban J connectivity index is 1.69. The molecule has 0 radical (unpaired) electrons. The lowest BCUT2D eigenvalue weighted by Gasteiger charge is -2.40. The van der Waals surface area contributed by atoms with E-state index in [1.165, 1.54) is 25.3 Å². The highest BCUT2D eigenvalue weighted by Crippen LogP contribution is 2.55. The summed E-state index contributed by atoms with van der Waals surface area (Å²) in [5.41, 5.74) is -0.990. The minimum absolute atomic E-state index is 0.0907. The average Bonchev–Trinajstić information content (AvgIpc) is 2.92. The van der Waals surface area contributed by atoms with Gasteiger partial charge < -0.3 is 64.9 Å². The van der Waals surface area contributed by atoms with Crippen LogP contribution in [-0.2, 0) is 9.47 Å². The highest BCUT2D eigenvalue weighted by atomic mass is 16.5. The molecule has 1 unspecified atom stereocenters. The van der Waals surface area contributed by atoms with Crippen LogP contribution in [0.1, 0.15) is 51.8 Å². The van der Waals surface area contributed by atoms with E-state index >= 15 is 0 Å². The molecule has 0 spiro atoms. The van der Waals surface area contributed by atoms with E-state index in [0.717, 1.165) is 0 Å². The Labute approximate surface area is 226 Å². The van der Waals surface area contributed by atoms with Gasteiger partial charge in [0.1, 0.15) is 77.7 Å². The van der Waals surface area contributed by atoms with E-state index in [2.05, 4.69) is 0 Å². The molecule has 3 aliphatic heterocycles. The van der Waals surface area contributed by atoms with Crippen molar-refractivity contribution in [1.82, 2.24) is 0 Å². The molecule has 2 saturated heterocycles. The number of carbonyl (C=O) groups is 1. The fraction of sp³-hybridized carbons (Fsp3) is 0.500. The van der Waals surface area contributed by atoms with E-state index in [1.54, 1.807) is 0 Å². The molecule has 2 fully saturated rings. The molecule has 9 atom stereocenters. The smallest absolute Gasteiger partial charge is 0.174 e. The Bertz CT molecular complexity index is 1300. The molecule has 2 aromatic rings. The first kappa shape index (κ1) is 28.3. The Kier molecular flexibility index (Phi) is 7.54. The van der Waals surface area contributed by atoms with E-state index in [4.69, 9.17) is 18.9 Å². The van der Waals surface area contributed by atoms with Gasteiger partial charge in [-0.3, -0.25) is 4.79 Å². The van der Waals surface area contributed by atoms with Crippen LogP contribution >= 0.6 is 0 Å². The zero-order chi connectivity index (χ0) is 29.0. The number of methoxy groups -OCH3 is 1. The maximum Gasteiger partial charge on any atom is 0.174 e. The number of hydrogen-bond donors (Lipinski definition) is 9. The van der Waals surface area contributed by atoms with Crippen LogP contribution in [0.2, 0.25) is 0 Å². The number of aromatic hydroxyl groups is 3. The summed E-state index contributed by atoms with van der Waals surface area (Å²) in [5, 5.41) is 94.4. The third-order valence-electron chi connectivity index (χ3n) is 7.53. The van der Waals surface area contributed by atoms with Crippen molar-refractivity contribution in [2.75, 3.05) is 20.3 Å². The first-order valence-corrected chi connectivity index (χ1v) is 12.5. The molecule has 0 bridgehead atoms. The van der Waals surface area contributed by atoms with Gasteiger partial charge in [-0.2, -0.15) is 0 Å². The summed E-state index contributed by atoms with van der Waals surface area (Å²) >= 11 is 0. The molecule has 3 aliphatic rings. The number of benzene rings is 2. The van der Waals surface area contributed by atoms with Crippen LogP contribution in [0, 0.1) is 0 Å². The van der Waals surface area contributed by atoms with Crippen LogP contribution in [-0.4, -0.2) is 109 Å². The highest BCUT2D eigenvalue weighted by molar-refractivity contribution is 6.04. The second-order valence-electron chi connectivity index (χ2n) is 10.00. The van der Waals surface area contributed by atoms with Crippen molar-refractivity contribution in [2.24, 2.45) is 0 Å². The van der Waals surface area contributed by atoms with E-state index in [9.17, 15) is 50.8 Å². The van der Waals surface area contributed by atoms with Crippen molar-refractivity contribution < 1.29 is 69.7 Å². The van der Waals surface area contributed by atoms with Gasteiger partial charge in [0.15, 0.2) is 17.3 Å². The van der Waals surface area contributed by atoms with Gasteiger partial charge in [-0.25, -0.2) is 0 Å². The summed E-state index contributed by atoms with van der Waals surface area (Å²) in [5.74, 6) is -2.83. The van der Waals surface area contributed by atoms with Gasteiger partial charge in [0.05, 0.1) is 37.9 Å². The number of hydrogen-bond acceptors (Lipinski definition) is 14. The van der Waals surface area contributed by atoms with Crippen molar-refractivity contribution in [3.8, 4) is 28.7 Å². The molecule has 0 saturated carbocycles. The minimum Gasteiger partial charge on any atom is -0.507 e. The van der Waals surface area contributed by atoms with Crippen LogP contribution in [0.25, 0.3) is 0 Å². The fourth-order valence-electron chi connectivity index (χ4n) is 5.31. The standard InChI is InChI=1S/C26H30O14/c1-37-14-4-8(2-3-9(14)27)13-5-10(28)15-20(33)16(25-22(35)18(31)11(29)6-38-25)21(34)17(24(15)40-13)26-23(36)19(32)12(30)7-39-26/h2-4,11-13,18-19,22-23,25-27,29-36H,5-7H2,1H3/t11-,12-,13?,18+,19+,22-,23-,25+,26+/m1/s1. The van der Waals surface area contributed by atoms with Crippen LogP contribution in [0.15, 0.2) is 18.2 Å². The predicted molar refractivity (Wildman–Crippen MR) is 130 cm³/mol. The monoisotopic (exact) mass is 566 g/mol. The lowest BCUT2D eigenvalue weighted by molar-refractivity contribution is -0.192. The van der Waals surface area contributed by atoms with Gasteiger partial charge in [-0.15, -0.1) is 0 Å². The number of fused-ring (bicyclic) bond motifs is 1. The number of Topliss-reactive ketones (excluding diaryl/α,β-unsaturated/α-hetero) is 1. The van der Waals surface area contributed by atoms with Gasteiger partial charge in [0, 0.05) is 0 Å². The molecule has 3 heterocycles. The number of aliphatic hydroxyl groups excluding tert-OH is 6. The first-order valence-electron chi connectivity index (χ1n) is 12.5. The van der Waals surface area contributed by atoms with Crippen molar-refractivity contribution >= 4 is 5.78 Å². The number of phenols is 3. The maximum atomic E-state index is 13.5. The van der Waals surface area contributed by atoms with E-state index < -0.39 is 102 Å². The van der Waals surface area contributed by atoms with Gasteiger partial charge in [0.2, 0.25) is 0 Å². The summed E-state index contributed by atoms with van der Waals surface area (Å²) in [4.78, 5) is 13.5. The second-order valence-corrected chi connectivity index (χ2v) is 10.00. The van der Waals surface area contributed by atoms with E-state index in [1.807, 2.05) is 0 Å². The van der Waals surface area contributed by atoms with Crippen LogP contribution in [0.5, 0.6) is 28.7 Å². The second kappa shape index (κ2) is 10.6. The summed E-state index contributed by atoms with van der Waals surface area (Å²) in [6.45, 7) is -0.968. The molecule has 5 rings (SSSR count). The van der Waals surface area contributed by atoms with Crippen molar-refractivity contribution in [1.29, 1.82) is 0 Å². The van der Waals surface area contributed by atoms with Crippen LogP contribution in [0.4, 0.5) is 0 Å². The molecule has 9 N–H and O–H groups in total. The number of rotatable bonds is 4. The summed E-state index contributed by atoms with van der Waals surface area (Å²) in [7, 11) is 1.33. The minimum atomic E-state index is -1.85. The molecule has 0 aliphatic carbocycles. The quantitative estimate of drug-likeness (QED) is 0.212. The number of phenolic OH excluding ortho intramolecular Hbond substituents is 3. The van der Waals surface area contributed by atoms with Crippen LogP contribution in [0.3, 0.4) is 0 Å². The maximum absolute atomic E-state index is 13.5. The number of ether oxygens (including phenoxy) is 4. The zero-order valence-electron chi connectivity index (χ0n) is 21.1. The van der Waals surface area contributed by atoms with Crippen molar-refractivity contribution in [2.45, 2.75) is 61.4 Å². The largest absolute Gasteiger partial charge is 0.507 e. The third-order valence-corrected chi connectivity index (χ3v) is 7.53. The lowest BCUT2D eigenvalue weighted by Crippen LogP contribution is -2.50. The fourth-order valence-corrected chi connectivity index (χ4v) is 5.31. The molecule has 14 heteroatoms. The molecule has 40 heavy (non-hydrogen) atoms. The zero-order valence-corrected chi connectivity index (χ0v) is 21.1. The summed E-state index contributed by atoms with van der Waals surface area (Å²) < 4.78 is 22.2. The normalized spacial score (nSPS) is 34.2. The molecule has 0 amide bonds. The Morgan fingerprint density at radius 2 is 1.38 bits per heavy atom. The SMILES string of the molecule is COc1cc(C2CC(=O)c3c(O)c([C@@H]4OC[C@@H](O)[C@H](O)[C@H]4O)c(O)c([C@@H]4OC[C@@H](O)[C@H](O)[C@H]4O)c3O2)ccc1O. The molecule has 2 aromatic carbocycles. The number of ketones is 1. The Hall–Kier alpha value is -3.21. The lowest BCUT2D eigenvalue weighted by atomic mass is 9.83. The van der Waals surface area contributed by atoms with Crippen molar-refractivity contribution in [3.63, 3.8) is 0 Å². The Morgan fingerprint density at radius 3 is 1.95 bits per heavy atom. The molecular weight excluding hydrogens is 536 g/mol. The van der Waals surface area contributed by atoms with Gasteiger partial charge in [-0.05, 0) is 17.7 Å². The van der Waals surface area contributed by atoms with E-state index in [0.29, 0.717) is 5.56 Å². The molecular formula is C26H30O14. The third kappa shape index (κ3) is 4.52. The summed E-state index contributed by atoms with van der Waals surface area (Å²) in [6.07, 6.45) is -14.7. The summed E-state index contributed by atoms with van der Waals surface area (Å²) in [6, 6.07) is 4.22. The van der Waals surface area contributed by atoms with Crippen LogP contribution < -0.4 is 9.47 Å². The highest BCUT2D eigenvalue weighted by Gasteiger charge is 2.48. The average molecular weight is 567 g/mol. The molecule has 218 valence electrons. The topological polar surface area (TPSA) is 236 Å². The molecule has 14 nitrogen and oxygen atoms in total. The van der Waals surface area contributed by atoms with Gasteiger partial charge >= 0.3 is 0 Å².